The summed E-state index contributed by atoms with van der Waals surface area (Å²) in [5, 5.41) is 1.91. The van der Waals surface area contributed by atoms with Crippen LogP contribution in [0, 0.1) is 6.92 Å². The molecule has 0 saturated heterocycles. The molecule has 1 N–H and O–H groups in total. The smallest absolute Gasteiger partial charge is 0.324 e. The Morgan fingerprint density at radius 2 is 2.00 bits per heavy atom. The zero-order valence-corrected chi connectivity index (χ0v) is 17.7. The van der Waals surface area contributed by atoms with Gasteiger partial charge in [-0.1, -0.05) is 6.07 Å². The number of carbonyl (C=O) groups is 1. The first kappa shape index (κ1) is 21.0. The van der Waals surface area contributed by atoms with E-state index in [0.717, 1.165) is 4.88 Å². The minimum Gasteiger partial charge on any atom is -0.497 e. The van der Waals surface area contributed by atoms with E-state index in [4.69, 9.17) is 13.9 Å². The fourth-order valence-corrected chi connectivity index (χ4v) is 4.28. The number of aryl methyl sites for hydroxylation is 1. The highest BCUT2D eigenvalue weighted by Gasteiger charge is 2.24. The van der Waals surface area contributed by atoms with Crippen LogP contribution >= 0.6 is 11.3 Å². The molecule has 3 aromatic rings. The first-order valence-electron chi connectivity index (χ1n) is 8.63. The normalized spacial score (nSPS) is 12.5. The summed E-state index contributed by atoms with van der Waals surface area (Å²) in [7, 11) is -2.40. The molecule has 0 aliphatic heterocycles. The van der Waals surface area contributed by atoms with Gasteiger partial charge in [-0.15, -0.1) is 11.3 Å². The van der Waals surface area contributed by atoms with Crippen molar-refractivity contribution in [2.24, 2.45) is 0 Å². The fourth-order valence-electron chi connectivity index (χ4n) is 2.44. The Bertz CT molecular complexity index is 1070. The second-order valence-electron chi connectivity index (χ2n) is 6.13. The number of hydrogen-bond donors (Lipinski definition) is 1. The van der Waals surface area contributed by atoms with Crippen molar-refractivity contribution >= 4 is 27.3 Å². The molecule has 10 heteroatoms. The monoisotopic (exact) mass is 436 g/mol. The lowest BCUT2D eigenvalue weighted by Crippen LogP contribution is -2.39. The van der Waals surface area contributed by atoms with Crippen molar-refractivity contribution in [3.05, 3.63) is 53.2 Å². The summed E-state index contributed by atoms with van der Waals surface area (Å²) in [6, 6.07) is 8.52. The molecule has 2 aromatic heterocycles. The van der Waals surface area contributed by atoms with E-state index in [0.29, 0.717) is 23.1 Å². The van der Waals surface area contributed by atoms with Gasteiger partial charge in [0.05, 0.1) is 16.9 Å². The molecule has 1 atom stereocenters. The number of thiophene rings is 1. The highest BCUT2D eigenvalue weighted by Crippen LogP contribution is 2.26. The summed E-state index contributed by atoms with van der Waals surface area (Å²) >= 11 is 1.49. The lowest BCUT2D eigenvalue weighted by atomic mass is 10.3. The summed E-state index contributed by atoms with van der Waals surface area (Å²) in [5.41, 5.74) is 0.479. The molecule has 0 bridgehead atoms. The highest BCUT2D eigenvalue weighted by atomic mass is 32.2. The maximum atomic E-state index is 12.4. The summed E-state index contributed by atoms with van der Waals surface area (Å²) in [6.45, 7) is 3.02. The molecule has 154 valence electrons. The van der Waals surface area contributed by atoms with Crippen molar-refractivity contribution in [2.75, 3.05) is 7.11 Å². The van der Waals surface area contributed by atoms with Gasteiger partial charge in [-0.05, 0) is 49.6 Å². The summed E-state index contributed by atoms with van der Waals surface area (Å²) in [4.78, 5) is 17.5. The molecule has 1 aromatic carbocycles. The molecule has 0 aliphatic carbocycles. The van der Waals surface area contributed by atoms with Crippen LogP contribution < -0.4 is 9.46 Å². The van der Waals surface area contributed by atoms with Crippen molar-refractivity contribution in [3.8, 4) is 16.5 Å². The van der Waals surface area contributed by atoms with Gasteiger partial charge in [0.1, 0.15) is 29.9 Å². The largest absolute Gasteiger partial charge is 0.497 e. The summed E-state index contributed by atoms with van der Waals surface area (Å²) < 4.78 is 43.0. The van der Waals surface area contributed by atoms with Crippen LogP contribution in [0.5, 0.6) is 5.75 Å². The van der Waals surface area contributed by atoms with Crippen LogP contribution in [0.1, 0.15) is 18.4 Å². The second-order valence-corrected chi connectivity index (χ2v) is 8.79. The summed E-state index contributed by atoms with van der Waals surface area (Å²) in [6.07, 6.45) is 0. The topological polar surface area (TPSA) is 108 Å². The lowest BCUT2D eigenvalue weighted by molar-refractivity contribution is -0.146. The number of esters is 1. The molecule has 0 spiro atoms. The first-order chi connectivity index (χ1) is 13.8. The number of aromatic nitrogens is 1. The Morgan fingerprint density at radius 3 is 2.62 bits per heavy atom. The van der Waals surface area contributed by atoms with Crippen molar-refractivity contribution in [1.29, 1.82) is 0 Å². The maximum absolute atomic E-state index is 12.4. The third-order valence-corrected chi connectivity index (χ3v) is 6.45. The Hall–Kier alpha value is -2.69. The average molecular weight is 437 g/mol. The standard InChI is InChI=1S/C19H20N2O6S2/c1-12(21-29(23,24)15-8-6-14(25-3)7-9-15)19(22)26-11-16-13(2)27-18(20-16)17-5-4-10-28-17/h4-10,12,21H,11H2,1-3H3/t12-/m0/s1. The van der Waals surface area contributed by atoms with Crippen LogP contribution in [0.25, 0.3) is 10.8 Å². The molecular weight excluding hydrogens is 416 g/mol. The van der Waals surface area contributed by atoms with E-state index < -0.39 is 22.0 Å². The van der Waals surface area contributed by atoms with E-state index in [1.165, 1.54) is 49.6 Å². The van der Waals surface area contributed by atoms with E-state index in [2.05, 4.69) is 9.71 Å². The van der Waals surface area contributed by atoms with Crippen LogP contribution in [0.3, 0.4) is 0 Å². The van der Waals surface area contributed by atoms with Gasteiger partial charge in [0.2, 0.25) is 15.9 Å². The number of oxazole rings is 1. The minimum absolute atomic E-state index is 0.0193. The third-order valence-electron chi connectivity index (χ3n) is 4.03. The highest BCUT2D eigenvalue weighted by molar-refractivity contribution is 7.89. The number of rotatable bonds is 8. The molecule has 0 fully saturated rings. The van der Waals surface area contributed by atoms with Gasteiger partial charge >= 0.3 is 5.97 Å². The van der Waals surface area contributed by atoms with Crippen LogP contribution in [0.2, 0.25) is 0 Å². The number of ether oxygens (including phenoxy) is 2. The van der Waals surface area contributed by atoms with Crippen LogP contribution in [-0.4, -0.2) is 32.5 Å². The van der Waals surface area contributed by atoms with E-state index in [1.807, 2.05) is 17.5 Å². The summed E-state index contributed by atoms with van der Waals surface area (Å²) in [5.74, 6) is 0.799. The molecule has 8 nitrogen and oxygen atoms in total. The van der Waals surface area contributed by atoms with Crippen LogP contribution in [-0.2, 0) is 26.2 Å². The zero-order valence-electron chi connectivity index (χ0n) is 16.0. The van der Waals surface area contributed by atoms with Crippen LogP contribution in [0.15, 0.2) is 51.1 Å². The predicted molar refractivity (Wildman–Crippen MR) is 107 cm³/mol. The minimum atomic E-state index is -3.89. The van der Waals surface area contributed by atoms with Gasteiger partial charge in [0.15, 0.2) is 0 Å². The Morgan fingerprint density at radius 1 is 1.28 bits per heavy atom. The predicted octanol–water partition coefficient (Wildman–Crippen LogP) is 3.13. The quantitative estimate of drug-likeness (QED) is 0.541. The molecule has 0 aliphatic rings. The third kappa shape index (κ3) is 5.03. The molecule has 2 heterocycles. The molecule has 3 rings (SSSR count). The fraction of sp³-hybridized carbons (Fsp3) is 0.263. The molecule has 0 radical (unpaired) electrons. The van der Waals surface area contributed by atoms with Crippen molar-refractivity contribution < 1.29 is 27.1 Å². The SMILES string of the molecule is COc1ccc(S(=O)(=O)N[C@@H](C)C(=O)OCc2nc(-c3cccs3)oc2C)cc1. The second kappa shape index (κ2) is 8.76. The van der Waals surface area contributed by atoms with Gasteiger partial charge < -0.3 is 13.9 Å². The van der Waals surface area contributed by atoms with E-state index in [1.54, 1.807) is 6.92 Å². The number of hydrogen-bond acceptors (Lipinski definition) is 8. The Kier molecular flexibility index (Phi) is 6.36. The number of sulfonamides is 1. The average Bonchev–Trinajstić information content (AvgIpc) is 3.35. The van der Waals surface area contributed by atoms with Gasteiger partial charge in [-0.2, -0.15) is 4.72 Å². The van der Waals surface area contributed by atoms with Crippen LogP contribution in [0.4, 0.5) is 0 Å². The van der Waals surface area contributed by atoms with Crippen molar-refractivity contribution in [2.45, 2.75) is 31.4 Å². The number of carbonyl (C=O) groups excluding carboxylic acids is 1. The van der Waals surface area contributed by atoms with Crippen molar-refractivity contribution in [1.82, 2.24) is 9.71 Å². The Balaban J connectivity index is 1.60. The molecule has 0 amide bonds. The molecular formula is C19H20N2O6S2. The zero-order chi connectivity index (χ0) is 21.0. The lowest BCUT2D eigenvalue weighted by Gasteiger charge is -2.13. The van der Waals surface area contributed by atoms with Gasteiger partial charge in [-0.25, -0.2) is 13.4 Å². The Labute approximate surface area is 172 Å². The molecule has 0 unspecified atom stereocenters. The number of methoxy groups -OCH3 is 1. The van der Waals surface area contributed by atoms with Gasteiger partial charge in [-0.3, -0.25) is 4.79 Å². The van der Waals surface area contributed by atoms with E-state index in [9.17, 15) is 13.2 Å². The van der Waals surface area contributed by atoms with E-state index in [-0.39, 0.29) is 11.5 Å². The molecule has 0 saturated carbocycles. The van der Waals surface area contributed by atoms with E-state index >= 15 is 0 Å². The van der Waals surface area contributed by atoms with Gasteiger partial charge in [0.25, 0.3) is 0 Å². The van der Waals surface area contributed by atoms with Crippen molar-refractivity contribution in [3.63, 3.8) is 0 Å². The number of benzene rings is 1. The maximum Gasteiger partial charge on any atom is 0.324 e. The molecule has 29 heavy (non-hydrogen) atoms. The number of nitrogens with zero attached hydrogens (tertiary/aromatic N) is 1. The van der Waals surface area contributed by atoms with Gasteiger partial charge in [0, 0.05) is 0 Å². The number of nitrogens with one attached hydrogen (secondary N) is 1. The first-order valence-corrected chi connectivity index (χ1v) is 11.0.